The topological polar surface area (TPSA) is 62.3 Å². The molecule has 0 aromatic heterocycles. The average molecular weight is 281 g/mol. The lowest BCUT2D eigenvalue weighted by atomic mass is 9.87. The van der Waals surface area contributed by atoms with Crippen LogP contribution in [0.5, 0.6) is 0 Å². The largest absolute Gasteiger partial charge is 0.388 e. The van der Waals surface area contributed by atoms with E-state index in [-0.39, 0.29) is 5.60 Å². The van der Waals surface area contributed by atoms with Crippen LogP contribution in [0.15, 0.2) is 0 Å². The van der Waals surface area contributed by atoms with Crippen molar-refractivity contribution < 1.29 is 4.74 Å². The van der Waals surface area contributed by atoms with Gasteiger partial charge in [-0.25, -0.2) is 0 Å². The van der Waals surface area contributed by atoms with Gasteiger partial charge in [0.2, 0.25) is 0 Å². The maximum atomic E-state index is 7.47. The molecule has 1 spiro atoms. The van der Waals surface area contributed by atoms with Crippen molar-refractivity contribution in [3.63, 3.8) is 0 Å². The van der Waals surface area contributed by atoms with Crippen molar-refractivity contribution in [1.82, 2.24) is 4.90 Å². The third-order valence-corrected chi connectivity index (χ3v) is 4.77. The highest BCUT2D eigenvalue weighted by Gasteiger charge is 2.41. The van der Waals surface area contributed by atoms with Gasteiger partial charge in [-0.05, 0) is 31.6 Å². The van der Waals surface area contributed by atoms with Crippen LogP contribution < -0.4 is 5.73 Å². The Hall–Kier alpha value is -0.610. The van der Waals surface area contributed by atoms with Gasteiger partial charge in [-0.3, -0.25) is 10.3 Å². The summed E-state index contributed by atoms with van der Waals surface area (Å²) < 4.78 is 6.14. The van der Waals surface area contributed by atoms with Crippen molar-refractivity contribution >= 4 is 5.84 Å². The van der Waals surface area contributed by atoms with Crippen LogP contribution in [-0.2, 0) is 4.74 Å². The highest BCUT2D eigenvalue weighted by Crippen LogP contribution is 2.41. The molecule has 0 bridgehead atoms. The summed E-state index contributed by atoms with van der Waals surface area (Å²) in [7, 11) is 0. The normalized spacial score (nSPS) is 25.7. The first kappa shape index (κ1) is 15.8. The number of nitrogens with two attached hydrogens (primary N) is 1. The van der Waals surface area contributed by atoms with Crippen LogP contribution >= 0.6 is 0 Å². The fraction of sp³-hybridized carbons (Fsp3) is 0.938. The summed E-state index contributed by atoms with van der Waals surface area (Å²) in [6.07, 6.45) is 8.13. The average Bonchev–Trinajstić information content (AvgIpc) is 2.82. The van der Waals surface area contributed by atoms with Crippen molar-refractivity contribution in [3.05, 3.63) is 0 Å². The van der Waals surface area contributed by atoms with E-state index >= 15 is 0 Å². The molecule has 0 aromatic rings. The molecule has 2 fully saturated rings. The molecule has 1 saturated heterocycles. The second-order valence-electron chi connectivity index (χ2n) is 7.05. The predicted molar refractivity (Wildman–Crippen MR) is 83.1 cm³/mol. The SMILES string of the molecule is CC(C)CN(CCC(=N)N)C1CCOC2(CCCC2)C1. The lowest BCUT2D eigenvalue weighted by molar-refractivity contribution is -0.102. The van der Waals surface area contributed by atoms with Gasteiger partial charge in [0.15, 0.2) is 0 Å². The number of amidine groups is 1. The highest BCUT2D eigenvalue weighted by molar-refractivity contribution is 5.76. The number of ether oxygens (including phenoxy) is 1. The quantitative estimate of drug-likeness (QED) is 0.581. The van der Waals surface area contributed by atoms with E-state index in [9.17, 15) is 0 Å². The Morgan fingerprint density at radius 2 is 2.10 bits per heavy atom. The lowest BCUT2D eigenvalue weighted by Crippen LogP contribution is -2.49. The van der Waals surface area contributed by atoms with Gasteiger partial charge in [0.05, 0.1) is 11.4 Å². The van der Waals surface area contributed by atoms with E-state index in [0.717, 1.165) is 26.1 Å². The fourth-order valence-corrected chi connectivity index (χ4v) is 3.84. The van der Waals surface area contributed by atoms with Gasteiger partial charge in [0.25, 0.3) is 0 Å². The van der Waals surface area contributed by atoms with Gasteiger partial charge >= 0.3 is 0 Å². The summed E-state index contributed by atoms with van der Waals surface area (Å²) in [5.74, 6) is 0.964. The minimum Gasteiger partial charge on any atom is -0.388 e. The molecule has 1 unspecified atom stereocenters. The third-order valence-electron chi connectivity index (χ3n) is 4.77. The van der Waals surface area contributed by atoms with E-state index in [1.54, 1.807) is 0 Å². The maximum Gasteiger partial charge on any atom is 0.0918 e. The van der Waals surface area contributed by atoms with Crippen molar-refractivity contribution in [2.45, 2.75) is 70.4 Å². The van der Waals surface area contributed by atoms with E-state index in [2.05, 4.69) is 18.7 Å². The Kier molecular flexibility index (Phi) is 5.44. The van der Waals surface area contributed by atoms with Crippen LogP contribution in [0.25, 0.3) is 0 Å². The van der Waals surface area contributed by atoms with Crippen LogP contribution in [0.4, 0.5) is 0 Å². The van der Waals surface area contributed by atoms with Crippen LogP contribution in [0, 0.1) is 11.3 Å². The Bertz CT molecular complexity index is 324. The van der Waals surface area contributed by atoms with E-state index in [4.69, 9.17) is 15.9 Å². The van der Waals surface area contributed by atoms with Crippen LogP contribution in [-0.4, -0.2) is 42.1 Å². The summed E-state index contributed by atoms with van der Waals surface area (Å²) in [5, 5.41) is 7.47. The molecule has 0 amide bonds. The molecule has 4 heteroatoms. The minimum absolute atomic E-state index is 0.175. The first-order valence-electron chi connectivity index (χ1n) is 8.22. The number of rotatable bonds is 6. The fourth-order valence-electron chi connectivity index (χ4n) is 3.84. The zero-order valence-electron chi connectivity index (χ0n) is 13.2. The standard InChI is InChI=1S/C16H31N3O/c1-13(2)12-19(9-5-15(17)18)14-6-10-20-16(11-14)7-3-4-8-16/h13-14H,3-12H2,1-2H3,(H3,17,18). The van der Waals surface area contributed by atoms with Gasteiger partial charge in [-0.1, -0.05) is 26.7 Å². The van der Waals surface area contributed by atoms with Crippen molar-refractivity contribution in [3.8, 4) is 0 Å². The second kappa shape index (κ2) is 6.90. The van der Waals surface area contributed by atoms with Crippen molar-refractivity contribution in [1.29, 1.82) is 5.41 Å². The molecule has 1 heterocycles. The van der Waals surface area contributed by atoms with Gasteiger partial charge in [0, 0.05) is 32.2 Å². The number of hydrogen-bond acceptors (Lipinski definition) is 3. The van der Waals surface area contributed by atoms with E-state index in [1.807, 2.05) is 0 Å². The zero-order chi connectivity index (χ0) is 14.6. The molecular formula is C16H31N3O. The van der Waals surface area contributed by atoms with Gasteiger partial charge in [-0.15, -0.1) is 0 Å². The molecule has 1 aliphatic carbocycles. The van der Waals surface area contributed by atoms with Crippen LogP contribution in [0.3, 0.4) is 0 Å². The van der Waals surface area contributed by atoms with Crippen LogP contribution in [0.1, 0.15) is 58.8 Å². The molecule has 2 aliphatic rings. The van der Waals surface area contributed by atoms with E-state index in [0.29, 0.717) is 24.2 Å². The van der Waals surface area contributed by atoms with Gasteiger partial charge < -0.3 is 10.5 Å². The Morgan fingerprint density at radius 1 is 1.40 bits per heavy atom. The minimum atomic E-state index is 0.175. The predicted octanol–water partition coefficient (Wildman–Crippen LogP) is 2.76. The third kappa shape index (κ3) is 4.19. The van der Waals surface area contributed by atoms with Gasteiger partial charge in [0.1, 0.15) is 0 Å². The monoisotopic (exact) mass is 281 g/mol. The maximum absolute atomic E-state index is 7.47. The van der Waals surface area contributed by atoms with Gasteiger partial charge in [-0.2, -0.15) is 0 Å². The van der Waals surface area contributed by atoms with E-state index < -0.39 is 0 Å². The molecule has 1 atom stereocenters. The summed E-state index contributed by atoms with van der Waals surface area (Å²) in [6, 6.07) is 0.614. The number of nitrogens with zero attached hydrogens (tertiary/aromatic N) is 1. The molecule has 1 saturated carbocycles. The molecule has 116 valence electrons. The van der Waals surface area contributed by atoms with E-state index in [1.165, 1.54) is 32.1 Å². The highest BCUT2D eigenvalue weighted by atomic mass is 16.5. The summed E-state index contributed by atoms with van der Waals surface area (Å²) >= 11 is 0. The summed E-state index contributed by atoms with van der Waals surface area (Å²) in [5.41, 5.74) is 5.72. The van der Waals surface area contributed by atoms with Crippen molar-refractivity contribution in [2.24, 2.45) is 11.7 Å². The molecule has 3 N–H and O–H groups in total. The Balaban J connectivity index is 1.97. The number of nitrogens with one attached hydrogen (secondary N) is 1. The molecule has 4 nitrogen and oxygen atoms in total. The Morgan fingerprint density at radius 3 is 2.70 bits per heavy atom. The smallest absolute Gasteiger partial charge is 0.0918 e. The summed E-state index contributed by atoms with van der Waals surface area (Å²) in [4.78, 5) is 2.56. The van der Waals surface area contributed by atoms with Crippen molar-refractivity contribution in [2.75, 3.05) is 19.7 Å². The second-order valence-corrected chi connectivity index (χ2v) is 7.05. The lowest BCUT2D eigenvalue weighted by Gasteiger charge is -2.43. The molecule has 0 radical (unpaired) electrons. The molecular weight excluding hydrogens is 250 g/mol. The Labute approximate surface area is 123 Å². The molecule has 2 rings (SSSR count). The first-order valence-corrected chi connectivity index (χ1v) is 8.22. The number of hydrogen-bond donors (Lipinski definition) is 2. The molecule has 0 aromatic carbocycles. The summed E-state index contributed by atoms with van der Waals surface area (Å²) in [6.45, 7) is 7.47. The zero-order valence-corrected chi connectivity index (χ0v) is 13.2. The molecule has 1 aliphatic heterocycles. The van der Waals surface area contributed by atoms with Crippen LogP contribution in [0.2, 0.25) is 0 Å². The first-order chi connectivity index (χ1) is 9.51. The molecule has 20 heavy (non-hydrogen) atoms.